The lowest BCUT2D eigenvalue weighted by Gasteiger charge is -2.11. The Kier molecular flexibility index (Phi) is 5.37. The van der Waals surface area contributed by atoms with Gasteiger partial charge in [0.05, 0.1) is 18.6 Å². The van der Waals surface area contributed by atoms with E-state index < -0.39 is 0 Å². The highest BCUT2D eigenvalue weighted by Gasteiger charge is 2.17. The van der Waals surface area contributed by atoms with Gasteiger partial charge in [-0.15, -0.1) is 5.10 Å². The van der Waals surface area contributed by atoms with Crippen molar-refractivity contribution in [2.75, 3.05) is 12.4 Å². The number of carbonyl (C=O) groups excluding carboxylic acids is 1. The molecule has 0 radical (unpaired) electrons. The van der Waals surface area contributed by atoms with Crippen LogP contribution < -0.4 is 10.1 Å². The average Bonchev–Trinajstić information content (AvgIpc) is 3.16. The topological polar surface area (TPSA) is 81.4 Å². The zero-order chi connectivity index (χ0) is 21.3. The molecule has 2 aromatic heterocycles. The van der Waals surface area contributed by atoms with Gasteiger partial charge in [-0.2, -0.15) is 4.98 Å². The smallest absolute Gasteiger partial charge is 0.253 e. The third-order valence-electron chi connectivity index (χ3n) is 4.87. The molecule has 2 heterocycles. The van der Waals surface area contributed by atoms with E-state index in [1.165, 1.54) is 0 Å². The molecule has 4 aromatic rings. The maximum Gasteiger partial charge on any atom is 0.253 e. The molecular formula is C22H20ClN5O2. The van der Waals surface area contributed by atoms with E-state index in [-0.39, 0.29) is 12.3 Å². The Labute approximate surface area is 178 Å². The molecule has 152 valence electrons. The number of rotatable bonds is 5. The van der Waals surface area contributed by atoms with Crippen molar-refractivity contribution in [1.82, 2.24) is 19.6 Å². The van der Waals surface area contributed by atoms with Crippen LogP contribution >= 0.6 is 11.6 Å². The van der Waals surface area contributed by atoms with Crippen molar-refractivity contribution in [3.8, 4) is 17.1 Å². The van der Waals surface area contributed by atoms with Crippen LogP contribution in [-0.2, 0) is 11.2 Å². The molecule has 0 fully saturated rings. The van der Waals surface area contributed by atoms with E-state index in [1.54, 1.807) is 42.0 Å². The van der Waals surface area contributed by atoms with Gasteiger partial charge in [0.25, 0.3) is 5.78 Å². The number of methoxy groups -OCH3 is 1. The first-order chi connectivity index (χ1) is 14.5. The summed E-state index contributed by atoms with van der Waals surface area (Å²) in [6.45, 7) is 3.77. The first-order valence-electron chi connectivity index (χ1n) is 9.38. The second kappa shape index (κ2) is 8.12. The van der Waals surface area contributed by atoms with E-state index in [9.17, 15) is 4.79 Å². The van der Waals surface area contributed by atoms with E-state index in [0.29, 0.717) is 22.3 Å². The van der Waals surface area contributed by atoms with Gasteiger partial charge in [0.1, 0.15) is 5.75 Å². The Balaban J connectivity index is 1.62. The van der Waals surface area contributed by atoms with Crippen molar-refractivity contribution < 1.29 is 9.53 Å². The zero-order valence-corrected chi connectivity index (χ0v) is 17.6. The Hall–Kier alpha value is -3.45. The maximum absolute atomic E-state index is 12.6. The van der Waals surface area contributed by atoms with Crippen molar-refractivity contribution in [3.63, 3.8) is 0 Å². The lowest BCUT2D eigenvalue weighted by Crippen LogP contribution is -2.17. The minimum atomic E-state index is -0.140. The van der Waals surface area contributed by atoms with E-state index in [1.807, 2.05) is 32.0 Å². The van der Waals surface area contributed by atoms with Crippen molar-refractivity contribution in [2.45, 2.75) is 20.3 Å². The van der Waals surface area contributed by atoms with Crippen molar-refractivity contribution in [3.05, 3.63) is 70.5 Å². The Morgan fingerprint density at radius 3 is 2.53 bits per heavy atom. The molecule has 0 aliphatic heterocycles. The molecule has 0 atom stereocenters. The zero-order valence-electron chi connectivity index (χ0n) is 16.8. The number of hydrogen-bond acceptors (Lipinski definition) is 5. The molecule has 30 heavy (non-hydrogen) atoms. The van der Waals surface area contributed by atoms with E-state index in [4.69, 9.17) is 16.3 Å². The Morgan fingerprint density at radius 1 is 1.10 bits per heavy atom. The number of aromatic nitrogens is 4. The van der Waals surface area contributed by atoms with Gasteiger partial charge < -0.3 is 10.1 Å². The molecule has 1 N–H and O–H groups in total. The first-order valence-corrected chi connectivity index (χ1v) is 9.75. The number of aryl methyl sites for hydroxylation is 2. The molecule has 0 saturated heterocycles. The molecule has 0 saturated carbocycles. The fourth-order valence-corrected chi connectivity index (χ4v) is 3.48. The van der Waals surface area contributed by atoms with Crippen LogP contribution in [0.1, 0.15) is 17.0 Å². The van der Waals surface area contributed by atoms with E-state index in [0.717, 1.165) is 28.3 Å². The fourth-order valence-electron chi connectivity index (χ4n) is 3.26. The summed E-state index contributed by atoms with van der Waals surface area (Å²) in [5, 5.41) is 8.04. The number of carbonyl (C=O) groups is 1. The number of nitrogens with zero attached hydrogens (tertiary/aromatic N) is 4. The number of amides is 1. The van der Waals surface area contributed by atoms with Crippen molar-refractivity contribution in [2.24, 2.45) is 0 Å². The highest BCUT2D eigenvalue weighted by atomic mass is 35.5. The lowest BCUT2D eigenvalue weighted by atomic mass is 10.1. The summed E-state index contributed by atoms with van der Waals surface area (Å²) >= 11 is 6.28. The Bertz CT molecular complexity index is 1230. The van der Waals surface area contributed by atoms with Gasteiger partial charge >= 0.3 is 0 Å². The number of halogens is 1. The van der Waals surface area contributed by atoms with E-state index in [2.05, 4.69) is 20.4 Å². The maximum atomic E-state index is 12.6. The summed E-state index contributed by atoms with van der Waals surface area (Å²) in [6.07, 6.45) is 0.175. The molecule has 4 rings (SSSR count). The summed E-state index contributed by atoms with van der Waals surface area (Å²) in [6, 6.07) is 14.6. The van der Waals surface area contributed by atoms with Crippen LogP contribution in [-0.4, -0.2) is 32.6 Å². The highest BCUT2D eigenvalue weighted by molar-refractivity contribution is 6.33. The van der Waals surface area contributed by atoms with Crippen LogP contribution in [0.25, 0.3) is 17.2 Å². The lowest BCUT2D eigenvalue weighted by molar-refractivity contribution is -0.115. The number of hydrogen-bond donors (Lipinski definition) is 1. The molecule has 0 bridgehead atoms. The minimum Gasteiger partial charge on any atom is -0.497 e. The van der Waals surface area contributed by atoms with Gasteiger partial charge in [0, 0.05) is 28.2 Å². The highest BCUT2D eigenvalue weighted by Crippen LogP contribution is 2.26. The largest absolute Gasteiger partial charge is 0.497 e. The third-order valence-corrected chi connectivity index (χ3v) is 5.20. The molecule has 1 amide bonds. The molecule has 2 aromatic carbocycles. The number of nitrogens with one attached hydrogen (secondary N) is 1. The number of ether oxygens (including phenoxy) is 1. The molecule has 0 aliphatic carbocycles. The molecule has 0 unspecified atom stereocenters. The quantitative estimate of drug-likeness (QED) is 0.521. The van der Waals surface area contributed by atoms with Gasteiger partial charge in [-0.05, 0) is 50.2 Å². The number of fused-ring (bicyclic) bond motifs is 1. The molecule has 0 aliphatic rings. The minimum absolute atomic E-state index is 0.140. The van der Waals surface area contributed by atoms with Crippen LogP contribution in [0, 0.1) is 13.8 Å². The predicted octanol–water partition coefficient (Wildman–Crippen LogP) is 4.25. The summed E-state index contributed by atoms with van der Waals surface area (Å²) in [4.78, 5) is 21.7. The second-order valence-corrected chi connectivity index (χ2v) is 7.25. The molecule has 8 heteroatoms. The summed E-state index contributed by atoms with van der Waals surface area (Å²) in [5.74, 6) is 1.56. The summed E-state index contributed by atoms with van der Waals surface area (Å²) in [5.41, 5.74) is 3.80. The van der Waals surface area contributed by atoms with E-state index >= 15 is 0 Å². The van der Waals surface area contributed by atoms with Crippen LogP contribution in [0.3, 0.4) is 0 Å². The van der Waals surface area contributed by atoms with Crippen LogP contribution in [0.4, 0.5) is 5.69 Å². The third kappa shape index (κ3) is 3.84. The van der Waals surface area contributed by atoms with Gasteiger partial charge in [-0.25, -0.2) is 9.50 Å². The standard InChI is InChI=1S/C22H20ClN5O2/c1-13-18(12-20(29)25-15-8-10-16(30-3)11-9-15)14(2)28-22(24-13)26-21(27-28)17-6-4-5-7-19(17)23/h4-11H,12H2,1-3H3,(H,25,29). The summed E-state index contributed by atoms with van der Waals surface area (Å²) in [7, 11) is 1.60. The van der Waals surface area contributed by atoms with Crippen LogP contribution in [0.5, 0.6) is 5.75 Å². The van der Waals surface area contributed by atoms with Gasteiger partial charge in [0.2, 0.25) is 5.91 Å². The first kappa shape index (κ1) is 19.8. The van der Waals surface area contributed by atoms with Gasteiger partial charge in [-0.1, -0.05) is 23.7 Å². The second-order valence-electron chi connectivity index (χ2n) is 6.84. The number of anilines is 1. The predicted molar refractivity (Wildman–Crippen MR) is 116 cm³/mol. The van der Waals surface area contributed by atoms with Gasteiger partial charge in [-0.3, -0.25) is 4.79 Å². The Morgan fingerprint density at radius 2 is 1.83 bits per heavy atom. The fraction of sp³-hybridized carbons (Fsp3) is 0.182. The van der Waals surface area contributed by atoms with Gasteiger partial charge in [0.15, 0.2) is 5.82 Å². The molecule has 0 spiro atoms. The number of benzene rings is 2. The van der Waals surface area contributed by atoms with Crippen LogP contribution in [0.2, 0.25) is 5.02 Å². The monoisotopic (exact) mass is 421 g/mol. The van der Waals surface area contributed by atoms with Crippen molar-refractivity contribution >= 4 is 29.0 Å². The SMILES string of the molecule is COc1ccc(NC(=O)Cc2c(C)nc3nc(-c4ccccc4Cl)nn3c2C)cc1. The molecule has 7 nitrogen and oxygen atoms in total. The average molecular weight is 422 g/mol. The normalized spacial score (nSPS) is 10.9. The summed E-state index contributed by atoms with van der Waals surface area (Å²) < 4.78 is 6.79. The molecular weight excluding hydrogens is 402 g/mol. The van der Waals surface area contributed by atoms with Crippen LogP contribution in [0.15, 0.2) is 48.5 Å². The van der Waals surface area contributed by atoms with Crippen molar-refractivity contribution in [1.29, 1.82) is 0 Å².